The van der Waals surface area contributed by atoms with Crippen LogP contribution in [0.25, 0.3) is 0 Å². The summed E-state index contributed by atoms with van der Waals surface area (Å²) < 4.78 is 4.15. The summed E-state index contributed by atoms with van der Waals surface area (Å²) in [5, 5.41) is 7.85. The van der Waals surface area contributed by atoms with Gasteiger partial charge in [0, 0.05) is 44.3 Å². The van der Waals surface area contributed by atoms with Crippen molar-refractivity contribution in [2.45, 2.75) is 37.9 Å². The average molecular weight is 245 g/mol. The van der Waals surface area contributed by atoms with E-state index >= 15 is 0 Å². The highest BCUT2D eigenvalue weighted by molar-refractivity contribution is 5.01. The van der Waals surface area contributed by atoms with Crippen LogP contribution in [0.15, 0.2) is 31.0 Å². The monoisotopic (exact) mass is 245 g/mol. The fraction of sp³-hybridized carbons (Fsp3) is 0.538. The molecule has 1 fully saturated rings. The van der Waals surface area contributed by atoms with Crippen molar-refractivity contribution in [3.8, 4) is 0 Å². The molecule has 3 rings (SSSR count). The molecule has 2 aromatic rings. The Hall–Kier alpha value is -1.62. The number of hydrogen-bond acceptors (Lipinski definition) is 3. The maximum absolute atomic E-state index is 4.19. The summed E-state index contributed by atoms with van der Waals surface area (Å²) in [5.74, 6) is 0. The molecule has 2 atom stereocenters. The van der Waals surface area contributed by atoms with Crippen molar-refractivity contribution in [3.63, 3.8) is 0 Å². The van der Waals surface area contributed by atoms with Gasteiger partial charge in [-0.25, -0.2) is 4.98 Å². The topological polar surface area (TPSA) is 47.7 Å². The van der Waals surface area contributed by atoms with Crippen LogP contribution in [-0.4, -0.2) is 25.4 Å². The largest absolute Gasteiger partial charge is 0.333 e. The van der Waals surface area contributed by atoms with Crippen LogP contribution in [0.5, 0.6) is 0 Å². The molecule has 5 heteroatoms. The second-order valence-electron chi connectivity index (χ2n) is 4.94. The quantitative estimate of drug-likeness (QED) is 0.888. The van der Waals surface area contributed by atoms with Crippen molar-refractivity contribution in [1.29, 1.82) is 0 Å². The number of aryl methyl sites for hydroxylation is 1. The molecule has 0 radical (unpaired) electrons. The third-order valence-corrected chi connectivity index (χ3v) is 3.86. The number of nitrogens with one attached hydrogen (secondary N) is 1. The van der Waals surface area contributed by atoms with Crippen molar-refractivity contribution in [1.82, 2.24) is 24.6 Å². The number of imidazole rings is 1. The van der Waals surface area contributed by atoms with Gasteiger partial charge >= 0.3 is 0 Å². The second-order valence-corrected chi connectivity index (χ2v) is 4.94. The standard InChI is InChI=1S/C13H19N5/c1-17-11(5-6-16-17)9-15-12-3-2-4-13(12)18-8-7-14-10-18/h5-8,10,12-13,15H,2-4,9H2,1H3. The molecule has 96 valence electrons. The number of hydrogen-bond donors (Lipinski definition) is 1. The van der Waals surface area contributed by atoms with Gasteiger partial charge in [-0.05, 0) is 25.3 Å². The fourth-order valence-corrected chi connectivity index (χ4v) is 2.81. The molecule has 0 bridgehead atoms. The molecule has 18 heavy (non-hydrogen) atoms. The molecule has 0 aliphatic heterocycles. The summed E-state index contributed by atoms with van der Waals surface area (Å²) in [4.78, 5) is 4.15. The molecule has 5 nitrogen and oxygen atoms in total. The van der Waals surface area contributed by atoms with Crippen molar-refractivity contribution < 1.29 is 0 Å². The molecule has 1 aliphatic carbocycles. The Morgan fingerprint density at radius 3 is 3.06 bits per heavy atom. The third-order valence-electron chi connectivity index (χ3n) is 3.86. The summed E-state index contributed by atoms with van der Waals surface area (Å²) in [6, 6.07) is 3.14. The smallest absolute Gasteiger partial charge is 0.0949 e. The van der Waals surface area contributed by atoms with Crippen LogP contribution in [0.1, 0.15) is 31.0 Å². The summed E-state index contributed by atoms with van der Waals surface area (Å²) >= 11 is 0. The minimum atomic E-state index is 0.536. The highest BCUT2D eigenvalue weighted by Crippen LogP contribution is 2.30. The maximum atomic E-state index is 4.19. The van der Waals surface area contributed by atoms with Crippen LogP contribution in [-0.2, 0) is 13.6 Å². The summed E-state index contributed by atoms with van der Waals surface area (Å²) in [7, 11) is 1.99. The van der Waals surface area contributed by atoms with E-state index in [2.05, 4.69) is 32.2 Å². The SMILES string of the molecule is Cn1nccc1CNC1CCCC1n1ccnc1. The van der Waals surface area contributed by atoms with Crippen LogP contribution in [0.4, 0.5) is 0 Å². The van der Waals surface area contributed by atoms with Crippen LogP contribution in [0.3, 0.4) is 0 Å². The van der Waals surface area contributed by atoms with Crippen LogP contribution < -0.4 is 5.32 Å². The Morgan fingerprint density at radius 2 is 2.33 bits per heavy atom. The van der Waals surface area contributed by atoms with E-state index in [1.807, 2.05) is 30.5 Å². The third kappa shape index (κ3) is 2.18. The fourth-order valence-electron chi connectivity index (χ4n) is 2.81. The summed E-state index contributed by atoms with van der Waals surface area (Å²) in [6.45, 7) is 0.881. The molecule has 0 saturated heterocycles. The van der Waals surface area contributed by atoms with E-state index in [4.69, 9.17) is 0 Å². The van der Waals surface area contributed by atoms with Crippen LogP contribution in [0, 0.1) is 0 Å². The van der Waals surface area contributed by atoms with E-state index < -0.39 is 0 Å². The molecule has 2 unspecified atom stereocenters. The van der Waals surface area contributed by atoms with Crippen molar-refractivity contribution >= 4 is 0 Å². The van der Waals surface area contributed by atoms with Crippen LogP contribution >= 0.6 is 0 Å². The van der Waals surface area contributed by atoms with E-state index in [1.165, 1.54) is 25.0 Å². The first-order chi connectivity index (χ1) is 8.84. The van der Waals surface area contributed by atoms with Gasteiger partial charge < -0.3 is 9.88 Å². The van der Waals surface area contributed by atoms with Crippen LogP contribution in [0.2, 0.25) is 0 Å². The second kappa shape index (κ2) is 4.94. The summed E-state index contributed by atoms with van der Waals surface area (Å²) in [6.07, 6.45) is 11.4. The van der Waals surface area contributed by atoms with Gasteiger partial charge in [0.1, 0.15) is 0 Å². The van der Waals surface area contributed by atoms with Gasteiger partial charge in [0.15, 0.2) is 0 Å². The maximum Gasteiger partial charge on any atom is 0.0949 e. The van der Waals surface area contributed by atoms with Crippen molar-refractivity contribution in [2.24, 2.45) is 7.05 Å². The molecule has 2 aromatic heterocycles. The molecule has 0 spiro atoms. The van der Waals surface area contributed by atoms with Gasteiger partial charge in [-0.1, -0.05) is 0 Å². The van der Waals surface area contributed by atoms with Gasteiger partial charge in [-0.3, -0.25) is 4.68 Å². The van der Waals surface area contributed by atoms with Crippen molar-refractivity contribution in [3.05, 3.63) is 36.7 Å². The molecule has 2 heterocycles. The first-order valence-corrected chi connectivity index (χ1v) is 6.52. The lowest BCUT2D eigenvalue weighted by atomic mass is 10.1. The zero-order valence-corrected chi connectivity index (χ0v) is 10.7. The first-order valence-electron chi connectivity index (χ1n) is 6.52. The van der Waals surface area contributed by atoms with E-state index in [9.17, 15) is 0 Å². The van der Waals surface area contributed by atoms with E-state index in [-0.39, 0.29) is 0 Å². The zero-order chi connectivity index (χ0) is 12.4. The van der Waals surface area contributed by atoms with Gasteiger partial charge in [0.25, 0.3) is 0 Å². The van der Waals surface area contributed by atoms with E-state index in [0.717, 1.165) is 6.54 Å². The molecule has 0 amide bonds. The average Bonchev–Trinajstić information content (AvgIpc) is 3.07. The molecule has 1 N–H and O–H groups in total. The van der Waals surface area contributed by atoms with Crippen molar-refractivity contribution in [2.75, 3.05) is 0 Å². The lowest BCUT2D eigenvalue weighted by Crippen LogP contribution is -2.33. The Balaban J connectivity index is 1.64. The van der Waals surface area contributed by atoms with Gasteiger partial charge in [-0.15, -0.1) is 0 Å². The highest BCUT2D eigenvalue weighted by Gasteiger charge is 2.27. The summed E-state index contributed by atoms with van der Waals surface area (Å²) in [5.41, 5.74) is 1.23. The minimum absolute atomic E-state index is 0.536. The number of nitrogens with zero attached hydrogens (tertiary/aromatic N) is 4. The normalized spacial score (nSPS) is 23.6. The molecule has 1 aliphatic rings. The highest BCUT2D eigenvalue weighted by atomic mass is 15.3. The Bertz CT molecular complexity index is 487. The number of aromatic nitrogens is 4. The molecular formula is C13H19N5. The predicted octanol–water partition coefficient (Wildman–Crippen LogP) is 1.50. The molecule has 1 saturated carbocycles. The Kier molecular flexibility index (Phi) is 3.15. The first kappa shape index (κ1) is 11.5. The minimum Gasteiger partial charge on any atom is -0.333 e. The van der Waals surface area contributed by atoms with Gasteiger partial charge in [-0.2, -0.15) is 5.10 Å². The number of rotatable bonds is 4. The van der Waals surface area contributed by atoms with E-state index in [0.29, 0.717) is 12.1 Å². The van der Waals surface area contributed by atoms with Gasteiger partial charge in [0.05, 0.1) is 12.0 Å². The Morgan fingerprint density at radius 1 is 1.39 bits per heavy atom. The zero-order valence-electron chi connectivity index (χ0n) is 10.7. The molecule has 0 aromatic carbocycles. The van der Waals surface area contributed by atoms with Gasteiger partial charge in [0.2, 0.25) is 0 Å². The lowest BCUT2D eigenvalue weighted by Gasteiger charge is -2.22. The van der Waals surface area contributed by atoms with E-state index in [1.54, 1.807) is 0 Å². The lowest BCUT2D eigenvalue weighted by molar-refractivity contribution is 0.386. The Labute approximate surface area is 107 Å². The molecular weight excluding hydrogens is 226 g/mol. The predicted molar refractivity (Wildman–Crippen MR) is 69.0 cm³/mol.